The van der Waals surface area contributed by atoms with Crippen LogP contribution in [0.2, 0.25) is 0 Å². The minimum atomic E-state index is 0.201. The lowest BCUT2D eigenvalue weighted by molar-refractivity contribution is 0.200. The van der Waals surface area contributed by atoms with Gasteiger partial charge in [0.05, 0.1) is 18.1 Å². The van der Waals surface area contributed by atoms with Crippen LogP contribution >= 0.6 is 0 Å². The Morgan fingerprint density at radius 3 is 2.39 bits per heavy atom. The van der Waals surface area contributed by atoms with Crippen molar-refractivity contribution in [2.75, 3.05) is 44.2 Å². The maximum Gasteiger partial charge on any atom is 0.135 e. The van der Waals surface area contributed by atoms with Crippen molar-refractivity contribution in [3.8, 4) is 17.2 Å². The first-order valence-electron chi connectivity index (χ1n) is 7.74. The molecule has 1 fully saturated rings. The fourth-order valence-electron chi connectivity index (χ4n) is 2.65. The summed E-state index contributed by atoms with van der Waals surface area (Å²) in [4.78, 5) is 8.61. The summed E-state index contributed by atoms with van der Waals surface area (Å²) in [7, 11) is 0. The van der Waals surface area contributed by atoms with Crippen LogP contribution in [-0.4, -0.2) is 59.4 Å². The van der Waals surface area contributed by atoms with Crippen LogP contribution in [0.3, 0.4) is 0 Å². The molecule has 0 spiro atoms. The number of aromatic nitrogens is 1. The van der Waals surface area contributed by atoms with Crippen LogP contribution in [0.25, 0.3) is 0 Å². The number of nitrogens with zero attached hydrogens (tertiary/aromatic N) is 3. The van der Waals surface area contributed by atoms with Crippen molar-refractivity contribution in [2.24, 2.45) is 0 Å². The number of piperazine rings is 1. The lowest BCUT2D eigenvalue weighted by atomic mass is 10.2. The average Bonchev–Trinajstić information content (AvgIpc) is 2.57. The van der Waals surface area contributed by atoms with Gasteiger partial charge in [-0.15, -0.1) is 0 Å². The topological polar surface area (TPSA) is 69.1 Å². The number of phenolic OH excluding ortho intramolecular Hbond substituents is 1. The summed E-state index contributed by atoms with van der Waals surface area (Å²) in [6, 6.07) is 8.52. The van der Waals surface area contributed by atoms with Gasteiger partial charge in [0.2, 0.25) is 0 Å². The molecule has 1 aliphatic heterocycles. The van der Waals surface area contributed by atoms with E-state index in [1.807, 2.05) is 0 Å². The van der Waals surface area contributed by atoms with Crippen LogP contribution < -0.4 is 9.64 Å². The Bertz CT molecular complexity index is 625. The lowest BCUT2D eigenvalue weighted by Gasteiger charge is -2.35. The Hall–Kier alpha value is -2.47. The summed E-state index contributed by atoms with van der Waals surface area (Å²) in [6.45, 7) is 5.21. The van der Waals surface area contributed by atoms with E-state index in [9.17, 15) is 10.2 Å². The van der Waals surface area contributed by atoms with E-state index in [0.717, 1.165) is 44.2 Å². The SMILES string of the molecule is Oc1ccc(OCCN2CCN(c3cncc(O)c3)CC2)cc1. The highest BCUT2D eigenvalue weighted by atomic mass is 16.5. The first kappa shape index (κ1) is 15.4. The summed E-state index contributed by atoms with van der Waals surface area (Å²) >= 11 is 0. The highest BCUT2D eigenvalue weighted by Gasteiger charge is 2.17. The second kappa shape index (κ2) is 7.19. The molecule has 2 N–H and O–H groups in total. The quantitative estimate of drug-likeness (QED) is 0.875. The molecule has 1 saturated heterocycles. The molecule has 23 heavy (non-hydrogen) atoms. The van der Waals surface area contributed by atoms with Crippen molar-refractivity contribution in [3.05, 3.63) is 42.7 Å². The van der Waals surface area contributed by atoms with E-state index in [4.69, 9.17) is 4.74 Å². The summed E-state index contributed by atoms with van der Waals surface area (Å²) in [6.07, 6.45) is 3.23. The van der Waals surface area contributed by atoms with Gasteiger partial charge in [-0.25, -0.2) is 0 Å². The van der Waals surface area contributed by atoms with Crippen LogP contribution in [0.1, 0.15) is 0 Å². The number of aromatic hydroxyl groups is 2. The molecular weight excluding hydrogens is 294 g/mol. The molecule has 2 aromatic rings. The van der Waals surface area contributed by atoms with Crippen LogP contribution in [0.4, 0.5) is 5.69 Å². The van der Waals surface area contributed by atoms with Crippen molar-refractivity contribution in [3.63, 3.8) is 0 Å². The number of hydrogen-bond acceptors (Lipinski definition) is 6. The van der Waals surface area contributed by atoms with Gasteiger partial charge in [-0.3, -0.25) is 9.88 Å². The van der Waals surface area contributed by atoms with Gasteiger partial charge in [0.1, 0.15) is 23.9 Å². The number of anilines is 1. The van der Waals surface area contributed by atoms with E-state index in [1.165, 1.54) is 6.20 Å². The Labute approximate surface area is 135 Å². The van der Waals surface area contributed by atoms with Crippen LogP contribution in [0.15, 0.2) is 42.7 Å². The second-order valence-electron chi connectivity index (χ2n) is 5.57. The monoisotopic (exact) mass is 315 g/mol. The summed E-state index contributed by atoms with van der Waals surface area (Å²) in [5.41, 5.74) is 0.963. The molecule has 6 heteroatoms. The molecule has 2 heterocycles. The van der Waals surface area contributed by atoms with Crippen LogP contribution in [-0.2, 0) is 0 Å². The maximum atomic E-state index is 9.51. The zero-order valence-corrected chi connectivity index (χ0v) is 12.9. The zero-order chi connectivity index (χ0) is 16.1. The third-order valence-corrected chi connectivity index (χ3v) is 3.96. The van der Waals surface area contributed by atoms with E-state index in [1.54, 1.807) is 36.5 Å². The van der Waals surface area contributed by atoms with Crippen LogP contribution in [0, 0.1) is 0 Å². The third-order valence-electron chi connectivity index (χ3n) is 3.96. The molecule has 1 aliphatic rings. The minimum absolute atomic E-state index is 0.201. The largest absolute Gasteiger partial charge is 0.508 e. The first-order valence-corrected chi connectivity index (χ1v) is 7.74. The molecule has 1 aromatic heterocycles. The molecule has 122 valence electrons. The lowest BCUT2D eigenvalue weighted by Crippen LogP contribution is -2.47. The molecule has 0 atom stereocenters. The number of rotatable bonds is 5. The Balaban J connectivity index is 1.41. The van der Waals surface area contributed by atoms with Gasteiger partial charge < -0.3 is 19.8 Å². The molecule has 0 aliphatic carbocycles. The van der Waals surface area contributed by atoms with Gasteiger partial charge in [-0.1, -0.05) is 0 Å². The molecule has 0 amide bonds. The number of benzene rings is 1. The summed E-state index contributed by atoms with van der Waals surface area (Å²) < 4.78 is 5.68. The Morgan fingerprint density at radius 2 is 1.70 bits per heavy atom. The van der Waals surface area contributed by atoms with Gasteiger partial charge in [-0.05, 0) is 24.3 Å². The molecular formula is C17H21N3O3. The van der Waals surface area contributed by atoms with E-state index in [0.29, 0.717) is 6.61 Å². The fraction of sp³-hybridized carbons (Fsp3) is 0.353. The number of phenols is 1. The summed E-state index contributed by atoms with van der Waals surface area (Å²) in [5.74, 6) is 1.22. The third kappa shape index (κ3) is 4.26. The van der Waals surface area contributed by atoms with Gasteiger partial charge >= 0.3 is 0 Å². The van der Waals surface area contributed by atoms with E-state index < -0.39 is 0 Å². The first-order chi connectivity index (χ1) is 11.2. The molecule has 0 unspecified atom stereocenters. The van der Waals surface area contributed by atoms with Gasteiger partial charge in [-0.2, -0.15) is 0 Å². The molecule has 0 bridgehead atoms. The van der Waals surface area contributed by atoms with Gasteiger partial charge in [0.25, 0.3) is 0 Å². The number of pyridine rings is 1. The van der Waals surface area contributed by atoms with E-state index in [-0.39, 0.29) is 11.5 Å². The predicted octanol–water partition coefficient (Wildman–Crippen LogP) is 1.69. The molecule has 3 rings (SSSR count). The predicted molar refractivity (Wildman–Crippen MR) is 88.2 cm³/mol. The number of ether oxygens (including phenoxy) is 1. The minimum Gasteiger partial charge on any atom is -0.508 e. The highest BCUT2D eigenvalue weighted by molar-refractivity contribution is 5.48. The highest BCUT2D eigenvalue weighted by Crippen LogP contribution is 2.20. The molecule has 6 nitrogen and oxygen atoms in total. The zero-order valence-electron chi connectivity index (χ0n) is 12.9. The van der Waals surface area contributed by atoms with Crippen molar-refractivity contribution in [2.45, 2.75) is 0 Å². The van der Waals surface area contributed by atoms with Gasteiger partial charge in [0.15, 0.2) is 0 Å². The molecule has 0 saturated carbocycles. The average molecular weight is 315 g/mol. The normalized spacial score (nSPS) is 15.6. The molecule has 0 radical (unpaired) electrons. The smallest absolute Gasteiger partial charge is 0.135 e. The van der Waals surface area contributed by atoms with Crippen molar-refractivity contribution < 1.29 is 14.9 Å². The van der Waals surface area contributed by atoms with Gasteiger partial charge in [0, 0.05) is 38.8 Å². The van der Waals surface area contributed by atoms with Crippen molar-refractivity contribution in [1.82, 2.24) is 9.88 Å². The Kier molecular flexibility index (Phi) is 4.83. The van der Waals surface area contributed by atoms with E-state index in [2.05, 4.69) is 14.8 Å². The van der Waals surface area contributed by atoms with Crippen LogP contribution in [0.5, 0.6) is 17.2 Å². The second-order valence-corrected chi connectivity index (χ2v) is 5.57. The van der Waals surface area contributed by atoms with E-state index >= 15 is 0 Å². The summed E-state index contributed by atoms with van der Waals surface area (Å²) in [5, 5.41) is 18.7. The molecule has 1 aromatic carbocycles. The maximum absolute atomic E-state index is 9.51. The standard InChI is InChI=1S/C17H21N3O3/c21-15-1-3-17(4-2-15)23-10-9-19-5-7-20(8-6-19)14-11-16(22)13-18-12-14/h1-4,11-13,21-22H,5-10H2. The number of hydrogen-bond donors (Lipinski definition) is 2. The Morgan fingerprint density at radius 1 is 0.957 bits per heavy atom. The van der Waals surface area contributed by atoms with Crippen molar-refractivity contribution in [1.29, 1.82) is 0 Å². The fourth-order valence-corrected chi connectivity index (χ4v) is 2.65. The van der Waals surface area contributed by atoms with Crippen molar-refractivity contribution >= 4 is 5.69 Å².